The summed E-state index contributed by atoms with van der Waals surface area (Å²) in [4.78, 5) is 11.7. The van der Waals surface area contributed by atoms with Crippen molar-refractivity contribution in [3.8, 4) is 0 Å². The van der Waals surface area contributed by atoms with E-state index in [1.165, 1.54) is 5.56 Å². The van der Waals surface area contributed by atoms with Crippen molar-refractivity contribution >= 4 is 11.6 Å². The van der Waals surface area contributed by atoms with Crippen LogP contribution in [0.2, 0.25) is 0 Å². The Labute approximate surface area is 96.0 Å². The smallest absolute Gasteiger partial charge is 0.231 e. The number of anilines is 1. The number of carbonyl (C=O) groups is 1. The molecule has 16 heavy (non-hydrogen) atoms. The Balaban J connectivity index is 2.60. The number of fused-ring (bicyclic) bond motifs is 1. The highest BCUT2D eigenvalue weighted by atomic mass is 16.2. The molecule has 3 heteroatoms. The molecule has 1 aliphatic heterocycles. The summed E-state index contributed by atoms with van der Waals surface area (Å²) < 4.78 is 0. The zero-order valence-corrected chi connectivity index (χ0v) is 10.0. The summed E-state index contributed by atoms with van der Waals surface area (Å²) >= 11 is 0. The lowest BCUT2D eigenvalue weighted by atomic mass is 9.94. The molecule has 0 fully saturated rings. The van der Waals surface area contributed by atoms with E-state index in [4.69, 9.17) is 5.73 Å². The Hall–Kier alpha value is -1.35. The molecule has 2 unspecified atom stereocenters. The molecule has 2 atom stereocenters. The normalized spacial score (nSPS) is 20.5. The van der Waals surface area contributed by atoms with Gasteiger partial charge in [0, 0.05) is 11.7 Å². The topological polar surface area (TPSA) is 55.1 Å². The van der Waals surface area contributed by atoms with E-state index < -0.39 is 0 Å². The van der Waals surface area contributed by atoms with Crippen LogP contribution in [0.15, 0.2) is 12.1 Å². The second-order valence-electron chi connectivity index (χ2n) is 4.50. The summed E-state index contributed by atoms with van der Waals surface area (Å²) in [5, 5.41) is 2.93. The summed E-state index contributed by atoms with van der Waals surface area (Å²) in [6, 6.07) is 4.16. The fraction of sp³-hybridized carbons (Fsp3) is 0.462. The maximum atomic E-state index is 11.7. The Morgan fingerprint density at radius 3 is 2.75 bits per heavy atom. The van der Waals surface area contributed by atoms with Gasteiger partial charge in [-0.1, -0.05) is 19.1 Å². The summed E-state index contributed by atoms with van der Waals surface area (Å²) in [5.74, 6) is 0.0177. The maximum absolute atomic E-state index is 11.7. The molecule has 0 aliphatic carbocycles. The number of benzene rings is 1. The zero-order valence-electron chi connectivity index (χ0n) is 10.0. The molecule has 3 N–H and O–H groups in total. The van der Waals surface area contributed by atoms with Crippen LogP contribution in [-0.4, -0.2) is 5.91 Å². The largest absolute Gasteiger partial charge is 0.325 e. The quantitative estimate of drug-likeness (QED) is 0.800. The molecule has 0 saturated carbocycles. The standard InChI is InChI=1S/C13H18N2O/c1-4-9-5-10-7(2)13(16)15-12(10)11(6-9)8(3)14/h5-8H,4,14H2,1-3H3,(H,15,16). The number of rotatable bonds is 2. The van der Waals surface area contributed by atoms with Crippen LogP contribution in [0.1, 0.15) is 49.4 Å². The molecule has 1 aliphatic rings. The monoisotopic (exact) mass is 218 g/mol. The predicted molar refractivity (Wildman–Crippen MR) is 65.5 cm³/mol. The molecule has 2 rings (SSSR count). The van der Waals surface area contributed by atoms with E-state index in [9.17, 15) is 4.79 Å². The minimum Gasteiger partial charge on any atom is -0.325 e. The number of nitrogens with two attached hydrogens (primary N) is 1. The van der Waals surface area contributed by atoms with Crippen molar-refractivity contribution in [3.63, 3.8) is 0 Å². The summed E-state index contributed by atoms with van der Waals surface area (Å²) in [6.07, 6.45) is 0.966. The van der Waals surface area contributed by atoms with Gasteiger partial charge in [-0.25, -0.2) is 0 Å². The van der Waals surface area contributed by atoms with E-state index in [1.54, 1.807) is 0 Å². The van der Waals surface area contributed by atoms with Gasteiger partial charge in [0.1, 0.15) is 0 Å². The first-order valence-electron chi connectivity index (χ1n) is 5.77. The molecule has 0 spiro atoms. The van der Waals surface area contributed by atoms with E-state index in [0.29, 0.717) is 0 Å². The van der Waals surface area contributed by atoms with Crippen LogP contribution in [0.4, 0.5) is 5.69 Å². The maximum Gasteiger partial charge on any atom is 0.231 e. The molecule has 0 bridgehead atoms. The van der Waals surface area contributed by atoms with Crippen molar-refractivity contribution in [1.82, 2.24) is 0 Å². The number of hydrogen-bond acceptors (Lipinski definition) is 2. The van der Waals surface area contributed by atoms with E-state index in [1.807, 2.05) is 13.8 Å². The van der Waals surface area contributed by atoms with Crippen LogP contribution >= 0.6 is 0 Å². The number of nitrogens with one attached hydrogen (secondary N) is 1. The first-order chi connectivity index (χ1) is 7.54. The third-order valence-corrected chi connectivity index (χ3v) is 3.27. The lowest BCUT2D eigenvalue weighted by Crippen LogP contribution is -2.11. The average molecular weight is 218 g/mol. The van der Waals surface area contributed by atoms with Crippen LogP contribution in [0.5, 0.6) is 0 Å². The van der Waals surface area contributed by atoms with Crippen LogP contribution < -0.4 is 11.1 Å². The Morgan fingerprint density at radius 2 is 2.19 bits per heavy atom. The molecular formula is C13H18N2O. The van der Waals surface area contributed by atoms with Gasteiger partial charge < -0.3 is 11.1 Å². The third kappa shape index (κ3) is 1.61. The van der Waals surface area contributed by atoms with Gasteiger partial charge in [0.05, 0.1) is 5.92 Å². The van der Waals surface area contributed by atoms with Crippen LogP contribution in [0.3, 0.4) is 0 Å². The van der Waals surface area contributed by atoms with Crippen molar-refractivity contribution in [3.05, 3.63) is 28.8 Å². The van der Waals surface area contributed by atoms with Gasteiger partial charge in [-0.15, -0.1) is 0 Å². The highest BCUT2D eigenvalue weighted by molar-refractivity contribution is 6.03. The second kappa shape index (κ2) is 3.91. The third-order valence-electron chi connectivity index (χ3n) is 3.27. The Bertz CT molecular complexity index is 438. The highest BCUT2D eigenvalue weighted by Gasteiger charge is 2.29. The summed E-state index contributed by atoms with van der Waals surface area (Å²) in [6.45, 7) is 6.00. The first-order valence-corrected chi connectivity index (χ1v) is 5.77. The van der Waals surface area contributed by atoms with E-state index in [-0.39, 0.29) is 17.9 Å². The number of carbonyl (C=O) groups excluding carboxylic acids is 1. The number of amides is 1. The van der Waals surface area contributed by atoms with Gasteiger partial charge in [0.2, 0.25) is 5.91 Å². The van der Waals surface area contributed by atoms with Crippen LogP contribution in [-0.2, 0) is 11.2 Å². The molecular weight excluding hydrogens is 200 g/mol. The lowest BCUT2D eigenvalue weighted by Gasteiger charge is -2.14. The van der Waals surface area contributed by atoms with Crippen molar-refractivity contribution in [1.29, 1.82) is 0 Å². The zero-order chi connectivity index (χ0) is 11.9. The number of hydrogen-bond donors (Lipinski definition) is 2. The lowest BCUT2D eigenvalue weighted by molar-refractivity contribution is -0.116. The van der Waals surface area contributed by atoms with E-state index >= 15 is 0 Å². The summed E-state index contributed by atoms with van der Waals surface area (Å²) in [7, 11) is 0. The number of aryl methyl sites for hydroxylation is 1. The fourth-order valence-electron chi connectivity index (χ4n) is 2.17. The van der Waals surface area contributed by atoms with Crippen molar-refractivity contribution in [2.75, 3.05) is 5.32 Å². The average Bonchev–Trinajstić information content (AvgIpc) is 2.54. The molecule has 1 heterocycles. The van der Waals surface area contributed by atoms with Gasteiger partial charge in [0.15, 0.2) is 0 Å². The highest BCUT2D eigenvalue weighted by Crippen LogP contribution is 2.38. The van der Waals surface area contributed by atoms with Gasteiger partial charge in [-0.3, -0.25) is 4.79 Å². The molecule has 0 aromatic heterocycles. The molecule has 0 saturated heterocycles. The van der Waals surface area contributed by atoms with Gasteiger partial charge >= 0.3 is 0 Å². The molecule has 1 amide bonds. The fourth-order valence-corrected chi connectivity index (χ4v) is 2.17. The molecule has 86 valence electrons. The van der Waals surface area contributed by atoms with Crippen LogP contribution in [0, 0.1) is 0 Å². The minimum absolute atomic E-state index is 0.0501. The van der Waals surface area contributed by atoms with Gasteiger partial charge in [0.25, 0.3) is 0 Å². The van der Waals surface area contributed by atoms with Gasteiger partial charge in [-0.2, -0.15) is 0 Å². The Kier molecular flexibility index (Phi) is 2.72. The van der Waals surface area contributed by atoms with Gasteiger partial charge in [-0.05, 0) is 37.0 Å². The van der Waals surface area contributed by atoms with E-state index in [2.05, 4.69) is 24.4 Å². The van der Waals surface area contributed by atoms with Crippen molar-refractivity contribution in [2.24, 2.45) is 5.73 Å². The Morgan fingerprint density at radius 1 is 1.50 bits per heavy atom. The molecule has 1 aromatic carbocycles. The first kappa shape index (κ1) is 11.1. The minimum atomic E-state index is -0.0565. The SMILES string of the molecule is CCc1cc(C(C)N)c2c(c1)C(C)C(=O)N2. The molecule has 3 nitrogen and oxygen atoms in total. The van der Waals surface area contributed by atoms with Crippen molar-refractivity contribution < 1.29 is 4.79 Å². The van der Waals surface area contributed by atoms with Crippen molar-refractivity contribution in [2.45, 2.75) is 39.2 Å². The van der Waals surface area contributed by atoms with E-state index in [0.717, 1.165) is 23.2 Å². The van der Waals surface area contributed by atoms with Crippen LogP contribution in [0.25, 0.3) is 0 Å². The predicted octanol–water partition coefficient (Wildman–Crippen LogP) is 2.32. The molecule has 1 aromatic rings. The molecule has 0 radical (unpaired) electrons. The summed E-state index contributed by atoms with van der Waals surface area (Å²) in [5.41, 5.74) is 10.3. The second-order valence-corrected chi connectivity index (χ2v) is 4.50.